The maximum atomic E-state index is 11.6. The summed E-state index contributed by atoms with van der Waals surface area (Å²) >= 11 is 0. The fourth-order valence-electron chi connectivity index (χ4n) is 1.69. The van der Waals surface area contributed by atoms with Crippen LogP contribution in [-0.2, 0) is 4.74 Å². The van der Waals surface area contributed by atoms with Crippen LogP contribution < -0.4 is 11.1 Å². The van der Waals surface area contributed by atoms with Gasteiger partial charge >= 0.3 is 6.09 Å². The molecule has 4 heteroatoms. The summed E-state index contributed by atoms with van der Waals surface area (Å²) in [4.78, 5) is 11.6. The minimum atomic E-state index is -0.468. The summed E-state index contributed by atoms with van der Waals surface area (Å²) < 4.78 is 5.22. The second kappa shape index (κ2) is 4.24. The number of nitrogens with one attached hydrogen (secondary N) is 1. The van der Waals surface area contributed by atoms with Crippen molar-refractivity contribution in [2.75, 3.05) is 0 Å². The molecule has 0 aromatic rings. The molecule has 1 unspecified atom stereocenters. The molecule has 3 N–H and O–H groups in total. The molecule has 0 radical (unpaired) electrons. The minimum absolute atomic E-state index is 0.0000170. The molecule has 1 saturated carbocycles. The number of nitrogens with two attached hydrogens (primary N) is 1. The zero-order valence-corrected chi connectivity index (χ0v) is 11.0. The van der Waals surface area contributed by atoms with Crippen molar-refractivity contribution in [3.63, 3.8) is 0 Å². The quantitative estimate of drug-likeness (QED) is 0.776. The monoisotopic (exact) mass is 228 g/mol. The third kappa shape index (κ3) is 4.00. The van der Waals surface area contributed by atoms with E-state index in [0.29, 0.717) is 5.92 Å². The maximum absolute atomic E-state index is 11.6. The predicted octanol–water partition coefficient (Wildman–Crippen LogP) is 2.03. The fourth-order valence-corrected chi connectivity index (χ4v) is 1.69. The second-order valence-electron chi connectivity index (χ2n) is 6.21. The van der Waals surface area contributed by atoms with Crippen LogP contribution in [-0.4, -0.2) is 23.3 Å². The van der Waals surface area contributed by atoms with Crippen molar-refractivity contribution in [2.45, 2.75) is 64.6 Å². The van der Waals surface area contributed by atoms with E-state index < -0.39 is 17.2 Å². The number of carbonyl (C=O) groups is 1. The van der Waals surface area contributed by atoms with Gasteiger partial charge in [-0.25, -0.2) is 4.79 Å². The summed E-state index contributed by atoms with van der Waals surface area (Å²) in [6.45, 7) is 9.43. The lowest BCUT2D eigenvalue weighted by atomic mass is 9.92. The van der Waals surface area contributed by atoms with Crippen molar-refractivity contribution in [2.24, 2.45) is 11.7 Å². The molecule has 1 rings (SSSR count). The fraction of sp³-hybridized carbons (Fsp3) is 0.917. The van der Waals surface area contributed by atoms with E-state index in [-0.39, 0.29) is 6.04 Å². The van der Waals surface area contributed by atoms with Gasteiger partial charge in [0.15, 0.2) is 0 Å². The highest BCUT2D eigenvalue weighted by Gasteiger charge is 2.40. The Balaban J connectivity index is 2.48. The van der Waals surface area contributed by atoms with Crippen molar-refractivity contribution >= 4 is 6.09 Å². The molecule has 0 saturated heterocycles. The summed E-state index contributed by atoms with van der Waals surface area (Å²) in [5, 5.41) is 2.85. The van der Waals surface area contributed by atoms with Crippen LogP contribution in [0.5, 0.6) is 0 Å². The van der Waals surface area contributed by atoms with E-state index in [1.54, 1.807) is 0 Å². The third-order valence-corrected chi connectivity index (χ3v) is 2.79. The molecular weight excluding hydrogens is 204 g/mol. The Morgan fingerprint density at radius 3 is 2.19 bits per heavy atom. The molecule has 0 spiro atoms. The summed E-state index contributed by atoms with van der Waals surface area (Å²) in [7, 11) is 0. The molecule has 1 atom stereocenters. The summed E-state index contributed by atoms with van der Waals surface area (Å²) in [6, 6.07) is 0.0000170. The Bertz CT molecular complexity index is 265. The van der Waals surface area contributed by atoms with E-state index in [2.05, 4.69) is 5.32 Å². The first kappa shape index (κ1) is 13.3. The van der Waals surface area contributed by atoms with E-state index in [4.69, 9.17) is 10.5 Å². The minimum Gasteiger partial charge on any atom is -0.444 e. The number of rotatable bonds is 3. The molecule has 94 valence electrons. The van der Waals surface area contributed by atoms with Crippen LogP contribution in [0.3, 0.4) is 0 Å². The second-order valence-corrected chi connectivity index (χ2v) is 6.21. The van der Waals surface area contributed by atoms with Crippen LogP contribution in [0.1, 0.15) is 47.5 Å². The van der Waals surface area contributed by atoms with E-state index in [1.807, 2.05) is 34.6 Å². The van der Waals surface area contributed by atoms with E-state index in [1.165, 1.54) is 12.8 Å². The van der Waals surface area contributed by atoms with Crippen LogP contribution in [0.2, 0.25) is 0 Å². The summed E-state index contributed by atoms with van der Waals surface area (Å²) in [5.74, 6) is 0.546. The summed E-state index contributed by atoms with van der Waals surface area (Å²) in [5.41, 5.74) is 5.22. The number of ether oxygens (including phenoxy) is 1. The van der Waals surface area contributed by atoms with E-state index in [0.717, 1.165) is 0 Å². The van der Waals surface area contributed by atoms with E-state index >= 15 is 0 Å². The average Bonchev–Trinajstić information content (AvgIpc) is 2.79. The van der Waals surface area contributed by atoms with Crippen molar-refractivity contribution in [3.05, 3.63) is 0 Å². The van der Waals surface area contributed by atoms with Gasteiger partial charge in [-0.1, -0.05) is 0 Å². The van der Waals surface area contributed by atoms with Crippen LogP contribution in [0.25, 0.3) is 0 Å². The topological polar surface area (TPSA) is 64.3 Å². The predicted molar refractivity (Wildman–Crippen MR) is 64.1 cm³/mol. The largest absolute Gasteiger partial charge is 0.444 e. The van der Waals surface area contributed by atoms with Crippen LogP contribution in [0.4, 0.5) is 4.79 Å². The Hall–Kier alpha value is -0.770. The van der Waals surface area contributed by atoms with Gasteiger partial charge in [-0.05, 0) is 53.4 Å². The van der Waals surface area contributed by atoms with Crippen molar-refractivity contribution in [1.82, 2.24) is 5.32 Å². The van der Waals surface area contributed by atoms with Crippen molar-refractivity contribution in [1.29, 1.82) is 0 Å². The van der Waals surface area contributed by atoms with Crippen LogP contribution in [0.15, 0.2) is 0 Å². The molecule has 1 aliphatic rings. The molecule has 0 aliphatic heterocycles. The smallest absolute Gasteiger partial charge is 0.408 e. The Morgan fingerprint density at radius 1 is 1.31 bits per heavy atom. The van der Waals surface area contributed by atoms with Gasteiger partial charge in [0, 0.05) is 6.04 Å². The molecule has 0 aromatic heterocycles. The van der Waals surface area contributed by atoms with E-state index in [9.17, 15) is 4.79 Å². The third-order valence-electron chi connectivity index (χ3n) is 2.79. The van der Waals surface area contributed by atoms with Crippen LogP contribution >= 0.6 is 0 Å². The van der Waals surface area contributed by atoms with Gasteiger partial charge in [0.05, 0.1) is 5.54 Å². The molecular formula is C12H24N2O2. The highest BCUT2D eigenvalue weighted by molar-refractivity contribution is 5.68. The van der Waals surface area contributed by atoms with Crippen molar-refractivity contribution < 1.29 is 9.53 Å². The molecule has 4 nitrogen and oxygen atoms in total. The van der Waals surface area contributed by atoms with Crippen LogP contribution in [0, 0.1) is 5.92 Å². The average molecular weight is 228 g/mol. The van der Waals surface area contributed by atoms with Gasteiger partial charge in [-0.3, -0.25) is 0 Å². The van der Waals surface area contributed by atoms with Crippen molar-refractivity contribution in [3.8, 4) is 0 Å². The number of hydrogen-bond donors (Lipinski definition) is 2. The maximum Gasteiger partial charge on any atom is 0.408 e. The van der Waals surface area contributed by atoms with Gasteiger partial charge < -0.3 is 15.8 Å². The number of amides is 1. The molecule has 1 amide bonds. The number of alkyl carbamates (subject to hydrolysis) is 1. The first-order chi connectivity index (χ1) is 7.12. The SMILES string of the molecule is CC(C)(C)OC(=O)NC(C)(C)C(N)C1CC1. The molecule has 1 aliphatic carbocycles. The molecule has 16 heavy (non-hydrogen) atoms. The standard InChI is InChI=1S/C12H24N2O2/c1-11(2,3)16-10(15)14-12(4,5)9(13)8-6-7-8/h8-9H,6-7,13H2,1-5H3,(H,14,15). The molecule has 1 fully saturated rings. The highest BCUT2D eigenvalue weighted by Crippen LogP contribution is 2.35. The molecule has 0 bridgehead atoms. The Labute approximate surface area is 97.9 Å². The van der Waals surface area contributed by atoms with Gasteiger partial charge in [-0.15, -0.1) is 0 Å². The van der Waals surface area contributed by atoms with Gasteiger partial charge in [0.1, 0.15) is 5.60 Å². The van der Waals surface area contributed by atoms with Gasteiger partial charge in [0.2, 0.25) is 0 Å². The first-order valence-corrected chi connectivity index (χ1v) is 5.88. The number of carbonyl (C=O) groups excluding carboxylic acids is 1. The Morgan fingerprint density at radius 2 is 1.81 bits per heavy atom. The van der Waals surface area contributed by atoms with Gasteiger partial charge in [0.25, 0.3) is 0 Å². The zero-order valence-electron chi connectivity index (χ0n) is 11.0. The lowest BCUT2D eigenvalue weighted by Crippen LogP contribution is -2.57. The highest BCUT2D eigenvalue weighted by atomic mass is 16.6. The molecule has 0 heterocycles. The lowest BCUT2D eigenvalue weighted by Gasteiger charge is -2.33. The zero-order chi connectivity index (χ0) is 12.6. The Kier molecular flexibility index (Phi) is 3.53. The normalized spacial score (nSPS) is 19.1. The lowest BCUT2D eigenvalue weighted by molar-refractivity contribution is 0.0454. The van der Waals surface area contributed by atoms with Gasteiger partial charge in [-0.2, -0.15) is 0 Å². The summed E-state index contributed by atoms with van der Waals surface area (Å²) in [6.07, 6.45) is 1.94. The number of hydrogen-bond acceptors (Lipinski definition) is 3. The first-order valence-electron chi connectivity index (χ1n) is 5.88. The molecule has 0 aromatic carbocycles.